The Bertz CT molecular complexity index is 655. The maximum absolute atomic E-state index is 11.7. The number of hydrogen-bond donors (Lipinski definition) is 1. The fraction of sp³-hybridized carbons (Fsp3) is 0.353. The molecule has 0 aromatic heterocycles. The van der Waals surface area contributed by atoms with E-state index in [4.69, 9.17) is 14.2 Å². The number of amides is 2. The number of benzene rings is 1. The average molecular weight is 350 g/mol. The predicted octanol–water partition coefficient (Wildman–Crippen LogP) is 0.465. The van der Waals surface area contributed by atoms with Crippen LogP contribution < -0.4 is 14.8 Å². The molecule has 0 spiro atoms. The summed E-state index contributed by atoms with van der Waals surface area (Å²) in [5.41, 5.74) is 0.654. The van der Waals surface area contributed by atoms with Crippen LogP contribution in [0.4, 0.5) is 0 Å². The average Bonchev–Trinajstić information content (AvgIpc) is 2.62. The van der Waals surface area contributed by atoms with Gasteiger partial charge in [0.25, 0.3) is 5.91 Å². The number of likely N-dealkylation sites (N-methyl/N-ethyl adjacent to an activating group) is 1. The molecule has 0 saturated heterocycles. The largest absolute Gasteiger partial charge is 0.497 e. The number of esters is 1. The number of carbonyl (C=O) groups excluding carboxylic acids is 3. The van der Waals surface area contributed by atoms with Gasteiger partial charge >= 0.3 is 5.97 Å². The second-order valence-corrected chi connectivity index (χ2v) is 5.11. The third-order valence-electron chi connectivity index (χ3n) is 3.12. The lowest BCUT2D eigenvalue weighted by molar-refractivity contribution is -0.144. The van der Waals surface area contributed by atoms with Crippen molar-refractivity contribution in [1.29, 1.82) is 0 Å². The number of carbonyl (C=O) groups is 3. The minimum atomic E-state index is -0.688. The molecule has 1 aromatic rings. The van der Waals surface area contributed by atoms with Gasteiger partial charge < -0.3 is 24.4 Å². The fourth-order valence-electron chi connectivity index (χ4n) is 1.68. The van der Waals surface area contributed by atoms with Crippen LogP contribution in [0.3, 0.4) is 0 Å². The summed E-state index contributed by atoms with van der Waals surface area (Å²) in [5, 5.41) is 2.36. The first-order chi connectivity index (χ1) is 11.9. The van der Waals surface area contributed by atoms with E-state index in [2.05, 4.69) is 5.32 Å². The van der Waals surface area contributed by atoms with E-state index in [0.29, 0.717) is 17.1 Å². The fourth-order valence-corrected chi connectivity index (χ4v) is 1.68. The summed E-state index contributed by atoms with van der Waals surface area (Å²) in [6.07, 6.45) is 2.69. The molecule has 0 bridgehead atoms. The molecule has 0 unspecified atom stereocenters. The normalized spacial score (nSPS) is 10.2. The molecular formula is C17H22N2O6. The smallest absolute Gasteiger partial charge is 0.331 e. The van der Waals surface area contributed by atoms with Crippen LogP contribution in [0.5, 0.6) is 11.5 Å². The number of rotatable bonds is 8. The summed E-state index contributed by atoms with van der Waals surface area (Å²) in [5.74, 6) is -0.346. The molecule has 1 aromatic carbocycles. The van der Waals surface area contributed by atoms with Gasteiger partial charge in [-0.25, -0.2) is 4.79 Å². The summed E-state index contributed by atoms with van der Waals surface area (Å²) in [7, 11) is 6.20. The Hall–Kier alpha value is -3.03. The highest BCUT2D eigenvalue weighted by Crippen LogP contribution is 2.25. The van der Waals surface area contributed by atoms with Gasteiger partial charge in [0, 0.05) is 31.8 Å². The van der Waals surface area contributed by atoms with Crippen LogP contribution in [0, 0.1) is 0 Å². The molecule has 25 heavy (non-hydrogen) atoms. The minimum absolute atomic E-state index is 0.151. The number of hydrogen-bond acceptors (Lipinski definition) is 6. The van der Waals surface area contributed by atoms with Gasteiger partial charge in [-0.2, -0.15) is 0 Å². The molecule has 0 saturated carbocycles. The van der Waals surface area contributed by atoms with Crippen molar-refractivity contribution < 1.29 is 28.6 Å². The van der Waals surface area contributed by atoms with E-state index in [1.165, 1.54) is 24.2 Å². The Morgan fingerprint density at radius 2 is 1.88 bits per heavy atom. The Morgan fingerprint density at radius 1 is 1.16 bits per heavy atom. The van der Waals surface area contributed by atoms with Crippen LogP contribution in [-0.4, -0.2) is 64.2 Å². The van der Waals surface area contributed by atoms with Crippen molar-refractivity contribution in [3.63, 3.8) is 0 Å². The highest BCUT2D eigenvalue weighted by molar-refractivity contribution is 5.90. The van der Waals surface area contributed by atoms with Gasteiger partial charge in [0.05, 0.1) is 20.8 Å². The molecule has 0 aliphatic carbocycles. The molecule has 1 N–H and O–H groups in total. The number of nitrogens with one attached hydrogen (secondary N) is 1. The Kier molecular flexibility index (Phi) is 7.98. The summed E-state index contributed by atoms with van der Waals surface area (Å²) in [4.78, 5) is 35.8. The van der Waals surface area contributed by atoms with Gasteiger partial charge in [0.2, 0.25) is 5.91 Å². The molecular weight excluding hydrogens is 328 g/mol. The standard InChI is InChI=1S/C17H22N2O6/c1-19(2)16(21)10-18-15(20)11-25-17(22)8-6-12-5-7-13(23-3)9-14(12)24-4/h5-9H,10-11H2,1-4H3,(H,18,20)/b8-6+. The zero-order valence-electron chi connectivity index (χ0n) is 14.7. The Balaban J connectivity index is 2.50. The molecule has 0 aliphatic heterocycles. The second-order valence-electron chi connectivity index (χ2n) is 5.11. The molecule has 0 atom stereocenters. The van der Waals surface area contributed by atoms with E-state index in [9.17, 15) is 14.4 Å². The highest BCUT2D eigenvalue weighted by Gasteiger charge is 2.09. The quantitative estimate of drug-likeness (QED) is 0.541. The van der Waals surface area contributed by atoms with Crippen molar-refractivity contribution in [3.8, 4) is 11.5 Å². The third kappa shape index (κ3) is 6.94. The van der Waals surface area contributed by atoms with Gasteiger partial charge in [-0.05, 0) is 18.2 Å². The monoisotopic (exact) mass is 350 g/mol. The molecule has 0 aliphatic rings. The first-order valence-electron chi connectivity index (χ1n) is 7.41. The highest BCUT2D eigenvalue weighted by atomic mass is 16.5. The lowest BCUT2D eigenvalue weighted by Gasteiger charge is -2.10. The van der Waals surface area contributed by atoms with Crippen LogP contribution in [0.25, 0.3) is 6.08 Å². The number of methoxy groups -OCH3 is 2. The SMILES string of the molecule is COc1ccc(/C=C/C(=O)OCC(=O)NCC(=O)N(C)C)c(OC)c1. The Morgan fingerprint density at radius 3 is 2.48 bits per heavy atom. The predicted molar refractivity (Wildman–Crippen MR) is 91.2 cm³/mol. The van der Waals surface area contributed by atoms with Crippen LogP contribution in [-0.2, 0) is 19.1 Å². The number of nitrogens with zero attached hydrogens (tertiary/aromatic N) is 1. The van der Waals surface area contributed by atoms with E-state index < -0.39 is 18.5 Å². The van der Waals surface area contributed by atoms with Gasteiger partial charge in [0.15, 0.2) is 6.61 Å². The van der Waals surface area contributed by atoms with Crippen molar-refractivity contribution in [2.75, 3.05) is 41.5 Å². The zero-order chi connectivity index (χ0) is 18.8. The van der Waals surface area contributed by atoms with Gasteiger partial charge in [-0.3, -0.25) is 9.59 Å². The molecule has 8 heteroatoms. The van der Waals surface area contributed by atoms with Crippen molar-refractivity contribution in [2.45, 2.75) is 0 Å². The van der Waals surface area contributed by atoms with Gasteiger partial charge in [0.1, 0.15) is 11.5 Å². The lowest BCUT2D eigenvalue weighted by Crippen LogP contribution is -2.38. The third-order valence-corrected chi connectivity index (χ3v) is 3.12. The second kappa shape index (κ2) is 9.96. The lowest BCUT2D eigenvalue weighted by atomic mass is 10.2. The maximum Gasteiger partial charge on any atom is 0.331 e. The van der Waals surface area contributed by atoms with Crippen LogP contribution in [0.2, 0.25) is 0 Å². The Labute approximate surface area is 146 Å². The van der Waals surface area contributed by atoms with Crippen molar-refractivity contribution in [1.82, 2.24) is 10.2 Å². The molecule has 1 rings (SSSR count). The van der Waals surface area contributed by atoms with Crippen molar-refractivity contribution >= 4 is 23.9 Å². The van der Waals surface area contributed by atoms with Crippen LogP contribution >= 0.6 is 0 Å². The van der Waals surface area contributed by atoms with E-state index in [-0.39, 0.29) is 12.5 Å². The number of ether oxygens (including phenoxy) is 3. The topological polar surface area (TPSA) is 94.2 Å². The van der Waals surface area contributed by atoms with Gasteiger partial charge in [-0.1, -0.05) is 0 Å². The van der Waals surface area contributed by atoms with Crippen LogP contribution in [0.1, 0.15) is 5.56 Å². The molecule has 0 heterocycles. The molecule has 0 radical (unpaired) electrons. The minimum Gasteiger partial charge on any atom is -0.497 e. The molecule has 0 fully saturated rings. The summed E-state index contributed by atoms with van der Waals surface area (Å²) < 4.78 is 15.1. The summed E-state index contributed by atoms with van der Waals surface area (Å²) in [6.45, 7) is -0.619. The van der Waals surface area contributed by atoms with E-state index in [1.807, 2.05) is 0 Å². The molecule has 2 amide bonds. The van der Waals surface area contributed by atoms with Crippen LogP contribution in [0.15, 0.2) is 24.3 Å². The molecule has 136 valence electrons. The van der Waals surface area contributed by atoms with Gasteiger partial charge in [-0.15, -0.1) is 0 Å². The van der Waals surface area contributed by atoms with E-state index >= 15 is 0 Å². The zero-order valence-corrected chi connectivity index (χ0v) is 14.7. The van der Waals surface area contributed by atoms with Crippen molar-refractivity contribution in [3.05, 3.63) is 29.8 Å². The van der Waals surface area contributed by atoms with E-state index in [0.717, 1.165) is 0 Å². The first-order valence-corrected chi connectivity index (χ1v) is 7.41. The summed E-state index contributed by atoms with van der Waals surface area (Å²) >= 11 is 0. The maximum atomic E-state index is 11.7. The van der Waals surface area contributed by atoms with Crippen molar-refractivity contribution in [2.24, 2.45) is 0 Å². The van der Waals surface area contributed by atoms with E-state index in [1.54, 1.807) is 39.4 Å². The summed E-state index contributed by atoms with van der Waals surface area (Å²) in [6, 6.07) is 5.13. The molecule has 8 nitrogen and oxygen atoms in total. The first kappa shape index (κ1) is 20.0.